The van der Waals surface area contributed by atoms with Gasteiger partial charge in [0.05, 0.1) is 22.9 Å². The van der Waals surface area contributed by atoms with Crippen LogP contribution < -0.4 is 11.1 Å². The van der Waals surface area contributed by atoms with Crippen LogP contribution in [0.25, 0.3) is 0 Å². The standard InChI is InChI=1S/C27H20N2O6/c1-13(30)26-19-6-4-2-3-5-7-20(32)27(26,35-26)17-11-18(31)21-22(23(17)29-19)24(33)15-9-8-14(12-28)10-16(15)25(21)34/h2-3,8-11,13,19-20,29-32H,12,28H2,1H3/b3-2-/t13-,19+,20-,26?,27+/m1/s1. The van der Waals surface area contributed by atoms with E-state index in [1.54, 1.807) is 18.2 Å². The molecule has 2 aliphatic carbocycles. The Morgan fingerprint density at radius 3 is 2.54 bits per heavy atom. The fourth-order valence-electron chi connectivity index (χ4n) is 5.61. The van der Waals surface area contributed by atoms with Crippen LogP contribution in [-0.2, 0) is 16.9 Å². The maximum atomic E-state index is 13.7. The molecule has 1 fully saturated rings. The molecule has 0 aromatic heterocycles. The van der Waals surface area contributed by atoms with Crippen molar-refractivity contribution in [3.05, 3.63) is 69.8 Å². The second kappa shape index (κ2) is 7.05. The summed E-state index contributed by atoms with van der Waals surface area (Å²) in [6.07, 6.45) is 0.471. The predicted octanol–water partition coefficient (Wildman–Crippen LogP) is 0.703. The summed E-state index contributed by atoms with van der Waals surface area (Å²) in [5.41, 5.74) is 3.99. The van der Waals surface area contributed by atoms with E-state index in [0.29, 0.717) is 5.56 Å². The van der Waals surface area contributed by atoms with E-state index in [2.05, 4.69) is 29.0 Å². The van der Waals surface area contributed by atoms with E-state index in [1.165, 1.54) is 25.1 Å². The number of ether oxygens (including phenoxy) is 1. The minimum absolute atomic E-state index is 0.0355. The van der Waals surface area contributed by atoms with E-state index in [1.807, 2.05) is 0 Å². The Bertz CT molecular complexity index is 1520. The van der Waals surface area contributed by atoms with Gasteiger partial charge in [-0.25, -0.2) is 0 Å². The number of nitrogens with two attached hydrogens (primary N) is 1. The molecule has 0 saturated carbocycles. The van der Waals surface area contributed by atoms with Crippen LogP contribution in [0.5, 0.6) is 5.75 Å². The Labute approximate surface area is 200 Å². The van der Waals surface area contributed by atoms with Gasteiger partial charge in [0.15, 0.2) is 28.9 Å². The average molecular weight is 468 g/mol. The lowest BCUT2D eigenvalue weighted by molar-refractivity contribution is 0.0867. The number of allylic oxidation sites excluding steroid dienone is 2. The highest BCUT2D eigenvalue weighted by atomic mass is 16.7. The van der Waals surface area contributed by atoms with Crippen molar-refractivity contribution in [1.82, 2.24) is 0 Å². The molecule has 6 N–H and O–H groups in total. The van der Waals surface area contributed by atoms with Gasteiger partial charge < -0.3 is 31.1 Å². The normalized spacial score (nSPS) is 30.5. The third kappa shape index (κ3) is 2.52. The first-order valence-corrected chi connectivity index (χ1v) is 11.1. The molecule has 35 heavy (non-hydrogen) atoms. The van der Waals surface area contributed by atoms with Crippen LogP contribution >= 0.6 is 0 Å². The average Bonchev–Trinajstić information content (AvgIpc) is 3.57. The number of phenols is 1. The molecule has 6 rings (SSSR count). The number of aromatic hydroxyl groups is 1. The molecule has 1 unspecified atom stereocenters. The first-order chi connectivity index (χ1) is 16.8. The third-order valence-corrected chi connectivity index (χ3v) is 7.26. The van der Waals surface area contributed by atoms with Gasteiger partial charge in [-0.1, -0.05) is 29.7 Å². The van der Waals surface area contributed by atoms with Crippen molar-refractivity contribution in [3.8, 4) is 29.4 Å². The number of anilines is 1. The number of phenolic OH excluding ortho intramolecular Hbond substituents is 1. The topological polar surface area (TPSA) is 145 Å². The number of carbonyl (C=O) groups is 2. The second-order valence-electron chi connectivity index (χ2n) is 9.01. The fourth-order valence-corrected chi connectivity index (χ4v) is 5.61. The van der Waals surface area contributed by atoms with Crippen LogP contribution in [0.4, 0.5) is 5.69 Å². The van der Waals surface area contributed by atoms with Crippen molar-refractivity contribution in [2.45, 2.75) is 42.9 Å². The molecule has 5 atom stereocenters. The molecule has 2 aromatic rings. The SMILES string of the molecule is C[C@@H](O)C12O[C@]13c1cc(O)c4c(c1N[C@H]2C#C/C=C\C#C[C@H]3O)C(=O)c1ccc(CN)cc1C4=O. The quantitative estimate of drug-likeness (QED) is 0.210. The first kappa shape index (κ1) is 21.6. The number of benzene rings is 2. The highest BCUT2D eigenvalue weighted by molar-refractivity contribution is 6.31. The predicted molar refractivity (Wildman–Crippen MR) is 125 cm³/mol. The monoisotopic (exact) mass is 468 g/mol. The summed E-state index contributed by atoms with van der Waals surface area (Å²) in [7, 11) is 0. The number of aliphatic hydroxyl groups excluding tert-OH is 2. The Morgan fingerprint density at radius 1 is 1.11 bits per heavy atom. The van der Waals surface area contributed by atoms with Gasteiger partial charge in [0.2, 0.25) is 0 Å². The Morgan fingerprint density at radius 2 is 1.83 bits per heavy atom. The summed E-state index contributed by atoms with van der Waals surface area (Å²) in [4.78, 5) is 27.2. The van der Waals surface area contributed by atoms with Crippen LogP contribution in [-0.4, -0.2) is 50.7 Å². The van der Waals surface area contributed by atoms with E-state index in [-0.39, 0.29) is 40.0 Å². The summed E-state index contributed by atoms with van der Waals surface area (Å²) >= 11 is 0. The zero-order chi connectivity index (χ0) is 24.7. The number of fused-ring (bicyclic) bond motifs is 4. The van der Waals surface area contributed by atoms with Crippen LogP contribution in [0, 0.1) is 23.7 Å². The molecule has 2 bridgehead atoms. The summed E-state index contributed by atoms with van der Waals surface area (Å²) in [5.74, 6) is 9.81. The van der Waals surface area contributed by atoms with Gasteiger partial charge in [0.25, 0.3) is 0 Å². The van der Waals surface area contributed by atoms with Gasteiger partial charge in [-0.2, -0.15) is 0 Å². The first-order valence-electron chi connectivity index (χ1n) is 11.1. The molecule has 1 saturated heterocycles. The summed E-state index contributed by atoms with van der Waals surface area (Å²) < 4.78 is 6.14. The Kier molecular flexibility index (Phi) is 4.35. The highest BCUT2D eigenvalue weighted by Crippen LogP contribution is 2.67. The zero-order valence-electron chi connectivity index (χ0n) is 18.5. The molecule has 4 aliphatic rings. The number of hydrogen-bond acceptors (Lipinski definition) is 8. The smallest absolute Gasteiger partial charge is 0.198 e. The van der Waals surface area contributed by atoms with Crippen molar-refractivity contribution < 1.29 is 29.6 Å². The van der Waals surface area contributed by atoms with Crippen LogP contribution in [0.1, 0.15) is 49.9 Å². The van der Waals surface area contributed by atoms with Gasteiger partial charge in [-0.05, 0) is 42.8 Å². The molecular weight excluding hydrogens is 448 g/mol. The molecular formula is C27H20N2O6. The van der Waals surface area contributed by atoms with E-state index >= 15 is 0 Å². The van der Waals surface area contributed by atoms with E-state index in [0.717, 1.165) is 0 Å². The molecule has 0 spiro atoms. The lowest BCUT2D eigenvalue weighted by Gasteiger charge is -2.37. The summed E-state index contributed by atoms with van der Waals surface area (Å²) in [5, 5.41) is 36.1. The number of aliphatic hydroxyl groups is 2. The fraction of sp³-hybridized carbons (Fsp3) is 0.259. The van der Waals surface area contributed by atoms with Gasteiger partial charge in [-0.3, -0.25) is 9.59 Å². The van der Waals surface area contributed by atoms with Crippen LogP contribution in [0.15, 0.2) is 36.4 Å². The molecule has 0 radical (unpaired) electrons. The maximum Gasteiger partial charge on any atom is 0.198 e. The van der Waals surface area contributed by atoms with Crippen LogP contribution in [0.2, 0.25) is 0 Å². The van der Waals surface area contributed by atoms with Crippen molar-refractivity contribution in [2.75, 3.05) is 5.32 Å². The summed E-state index contributed by atoms with van der Waals surface area (Å²) in [6.45, 7) is 1.71. The number of rotatable bonds is 2. The molecule has 0 amide bonds. The Hall–Kier alpha value is -3.92. The number of hydrogen-bond donors (Lipinski definition) is 5. The molecule has 2 aromatic carbocycles. The molecule has 8 nitrogen and oxygen atoms in total. The highest BCUT2D eigenvalue weighted by Gasteiger charge is 2.82. The lowest BCUT2D eigenvalue weighted by Crippen LogP contribution is -2.54. The summed E-state index contributed by atoms with van der Waals surface area (Å²) in [6, 6.07) is 5.22. The van der Waals surface area contributed by atoms with Crippen molar-refractivity contribution in [2.24, 2.45) is 5.73 Å². The molecule has 2 aliphatic heterocycles. The van der Waals surface area contributed by atoms with Gasteiger partial charge in [0.1, 0.15) is 11.8 Å². The number of carbonyl (C=O) groups excluding carboxylic acids is 2. The number of epoxide rings is 1. The zero-order valence-corrected chi connectivity index (χ0v) is 18.5. The lowest BCUT2D eigenvalue weighted by atomic mass is 9.69. The van der Waals surface area contributed by atoms with E-state index < -0.39 is 46.8 Å². The minimum atomic E-state index is -1.58. The largest absolute Gasteiger partial charge is 0.507 e. The number of ketones is 2. The van der Waals surface area contributed by atoms with Crippen molar-refractivity contribution in [1.29, 1.82) is 0 Å². The van der Waals surface area contributed by atoms with E-state index in [4.69, 9.17) is 10.5 Å². The second-order valence-corrected chi connectivity index (χ2v) is 9.01. The third-order valence-electron chi connectivity index (χ3n) is 7.26. The molecule has 2 heterocycles. The van der Waals surface area contributed by atoms with Crippen molar-refractivity contribution in [3.63, 3.8) is 0 Å². The van der Waals surface area contributed by atoms with Crippen molar-refractivity contribution >= 4 is 17.3 Å². The van der Waals surface area contributed by atoms with Gasteiger partial charge in [-0.15, -0.1) is 0 Å². The Balaban J connectivity index is 1.66. The molecule has 174 valence electrons. The van der Waals surface area contributed by atoms with Crippen LogP contribution in [0.3, 0.4) is 0 Å². The number of nitrogens with one attached hydrogen (secondary N) is 1. The van der Waals surface area contributed by atoms with E-state index in [9.17, 15) is 24.9 Å². The molecule has 8 heteroatoms. The van der Waals surface area contributed by atoms with Gasteiger partial charge in [0, 0.05) is 23.2 Å². The van der Waals surface area contributed by atoms with Gasteiger partial charge >= 0.3 is 0 Å². The maximum absolute atomic E-state index is 13.7. The minimum Gasteiger partial charge on any atom is -0.507 e.